The molecule has 0 radical (unpaired) electrons. The van der Waals surface area contributed by atoms with Crippen LogP contribution in [-0.2, 0) is 11.8 Å². The molecule has 8 rings (SSSR count). The number of benzene rings is 1. The summed E-state index contributed by atoms with van der Waals surface area (Å²) in [6, 6.07) is 8.32. The van der Waals surface area contributed by atoms with Crippen LogP contribution >= 0.6 is 0 Å². The number of carbonyl (C=O) groups excluding carboxylic acids is 1. The number of carbonyl (C=O) groups is 1. The Balaban J connectivity index is 1.31. The van der Waals surface area contributed by atoms with Crippen molar-refractivity contribution in [3.63, 3.8) is 0 Å². The van der Waals surface area contributed by atoms with Gasteiger partial charge in [-0.25, -0.2) is 19.3 Å². The number of hydrogen-bond acceptors (Lipinski definition) is 7. The van der Waals surface area contributed by atoms with Crippen LogP contribution in [0.15, 0.2) is 42.9 Å². The molecule has 10 heteroatoms. The Kier molecular flexibility index (Phi) is 4.91. The van der Waals surface area contributed by atoms with Gasteiger partial charge in [0, 0.05) is 36.0 Å². The first-order valence-corrected chi connectivity index (χ1v) is 12.9. The second-order valence-electron chi connectivity index (χ2n) is 11.2. The van der Waals surface area contributed by atoms with Gasteiger partial charge in [0.05, 0.1) is 17.0 Å². The van der Waals surface area contributed by atoms with E-state index >= 15 is 0 Å². The Labute approximate surface area is 219 Å². The summed E-state index contributed by atoms with van der Waals surface area (Å²) in [6.45, 7) is 0. The minimum atomic E-state index is -0.374. The van der Waals surface area contributed by atoms with Crippen molar-refractivity contribution in [2.75, 3.05) is 19.4 Å². The average Bonchev–Trinajstić information content (AvgIpc) is 3.56. The Hall–Kier alpha value is -3.92. The highest BCUT2D eigenvalue weighted by Crippen LogP contribution is 2.69. The molecule has 194 valence electrons. The van der Waals surface area contributed by atoms with Gasteiger partial charge in [0.25, 0.3) is 0 Å². The topological polar surface area (TPSA) is 98.1 Å². The normalized spacial score (nSPS) is 23.7. The quantitative estimate of drug-likeness (QED) is 0.396. The van der Waals surface area contributed by atoms with Crippen LogP contribution in [0.3, 0.4) is 0 Å². The van der Waals surface area contributed by atoms with E-state index in [1.807, 2.05) is 6.07 Å². The zero-order valence-corrected chi connectivity index (χ0v) is 21.5. The summed E-state index contributed by atoms with van der Waals surface area (Å²) < 4.78 is 22.5. The van der Waals surface area contributed by atoms with Gasteiger partial charge >= 0.3 is 0 Å². The molecule has 0 aliphatic heterocycles. The summed E-state index contributed by atoms with van der Waals surface area (Å²) >= 11 is 0. The summed E-state index contributed by atoms with van der Waals surface area (Å²) in [7, 11) is 5.92. The van der Waals surface area contributed by atoms with Crippen molar-refractivity contribution in [2.45, 2.75) is 43.7 Å². The van der Waals surface area contributed by atoms with Crippen LogP contribution in [0, 0.1) is 11.2 Å². The van der Waals surface area contributed by atoms with Crippen LogP contribution in [0.25, 0.3) is 33.5 Å². The third-order valence-electron chi connectivity index (χ3n) is 8.27. The zero-order chi connectivity index (χ0) is 26.2. The molecule has 4 aliphatic carbocycles. The van der Waals surface area contributed by atoms with Gasteiger partial charge in [0.15, 0.2) is 11.6 Å². The fourth-order valence-corrected chi connectivity index (χ4v) is 5.91. The monoisotopic (exact) mass is 513 g/mol. The van der Waals surface area contributed by atoms with Crippen molar-refractivity contribution in [2.24, 2.45) is 12.5 Å². The van der Waals surface area contributed by atoms with Crippen molar-refractivity contribution in [3.8, 4) is 28.3 Å². The molecule has 4 aliphatic rings. The smallest absolute Gasteiger partial charge is 0.232 e. The zero-order valence-electron chi connectivity index (χ0n) is 21.5. The molecule has 3 heterocycles. The molecule has 4 fully saturated rings. The lowest BCUT2D eigenvalue weighted by molar-refractivity contribution is -0.204. The number of nitrogens with one attached hydrogen (secondary N) is 1. The molecule has 3 aromatic heterocycles. The lowest BCUT2D eigenvalue weighted by Gasteiger charge is -2.71. The summed E-state index contributed by atoms with van der Waals surface area (Å²) in [6.07, 6.45) is 7.85. The molecule has 0 spiro atoms. The minimum absolute atomic E-state index is 0.0273. The first-order valence-electron chi connectivity index (χ1n) is 12.9. The second-order valence-corrected chi connectivity index (χ2v) is 11.2. The van der Waals surface area contributed by atoms with Crippen molar-refractivity contribution < 1.29 is 13.9 Å². The number of halogens is 1. The number of hydrogen-bond donors (Lipinski definition) is 1. The SMILES string of the molecule is CN(C)C12CC(C(=O)Nc3nc4c(-c5cn(C)nc5-c5ccccc5F)ncnc4cc3OC3CC3)(C1)C2. The number of pyridine rings is 1. The lowest BCUT2D eigenvalue weighted by Crippen LogP contribution is -2.76. The van der Waals surface area contributed by atoms with E-state index in [0.717, 1.165) is 32.1 Å². The van der Waals surface area contributed by atoms with Crippen molar-refractivity contribution in [3.05, 3.63) is 48.7 Å². The van der Waals surface area contributed by atoms with Crippen LogP contribution in [0.4, 0.5) is 10.2 Å². The molecular weight excluding hydrogens is 485 g/mol. The highest BCUT2D eigenvalue weighted by molar-refractivity contribution is 6.01. The van der Waals surface area contributed by atoms with E-state index < -0.39 is 0 Å². The Bertz CT molecular complexity index is 1590. The highest BCUT2D eigenvalue weighted by Gasteiger charge is 2.72. The predicted octanol–water partition coefficient (Wildman–Crippen LogP) is 4.20. The van der Waals surface area contributed by atoms with Gasteiger partial charge in [0.2, 0.25) is 5.91 Å². The number of aryl methyl sites for hydroxylation is 1. The Morgan fingerprint density at radius 3 is 2.61 bits per heavy atom. The average molecular weight is 514 g/mol. The van der Waals surface area contributed by atoms with E-state index in [-0.39, 0.29) is 28.8 Å². The molecule has 2 bridgehead atoms. The van der Waals surface area contributed by atoms with E-state index in [1.165, 1.54) is 12.4 Å². The van der Waals surface area contributed by atoms with E-state index in [4.69, 9.17) is 9.72 Å². The van der Waals surface area contributed by atoms with Crippen LogP contribution in [-0.4, -0.2) is 61.3 Å². The minimum Gasteiger partial charge on any atom is -0.486 e. The summed E-state index contributed by atoms with van der Waals surface area (Å²) in [5, 5.41) is 7.61. The number of rotatable bonds is 7. The standard InChI is InChI=1S/C28H28FN7O2/c1-35(2)28-12-27(13-28,14-28)26(37)33-25-21(38-16-8-9-16)10-20-24(32-25)23(31-15-30-20)18-11-36(3)34-22(18)17-6-4-5-7-19(17)29/h4-7,10-11,15-16H,8-9,12-14H2,1-3H3,(H,32,33,37). The van der Waals surface area contributed by atoms with E-state index in [0.29, 0.717) is 45.1 Å². The second kappa shape index (κ2) is 8.04. The maximum atomic E-state index is 14.7. The van der Waals surface area contributed by atoms with Crippen LogP contribution in [0.2, 0.25) is 0 Å². The number of fused-ring (bicyclic) bond motifs is 1. The van der Waals surface area contributed by atoms with Gasteiger partial charge in [-0.05, 0) is 58.3 Å². The fraction of sp³-hybridized carbons (Fsp3) is 0.393. The first-order chi connectivity index (χ1) is 18.3. The number of nitrogens with zero attached hydrogens (tertiary/aromatic N) is 6. The molecule has 0 unspecified atom stereocenters. The molecule has 1 amide bonds. The van der Waals surface area contributed by atoms with Gasteiger partial charge in [-0.1, -0.05) is 12.1 Å². The Morgan fingerprint density at radius 2 is 1.89 bits per heavy atom. The summed E-state index contributed by atoms with van der Waals surface area (Å²) in [5.41, 5.74) is 2.81. The van der Waals surface area contributed by atoms with Crippen LogP contribution in [0.5, 0.6) is 5.75 Å². The maximum Gasteiger partial charge on any atom is 0.232 e. The van der Waals surface area contributed by atoms with Gasteiger partial charge in [-0.3, -0.25) is 9.48 Å². The van der Waals surface area contributed by atoms with E-state index in [9.17, 15) is 9.18 Å². The number of ether oxygens (including phenoxy) is 1. The van der Waals surface area contributed by atoms with Crippen molar-refractivity contribution in [1.29, 1.82) is 0 Å². The first kappa shape index (κ1) is 23.2. The van der Waals surface area contributed by atoms with Crippen LogP contribution < -0.4 is 10.1 Å². The number of amides is 1. The molecule has 38 heavy (non-hydrogen) atoms. The van der Waals surface area contributed by atoms with Crippen molar-refractivity contribution in [1.82, 2.24) is 29.6 Å². The van der Waals surface area contributed by atoms with Gasteiger partial charge in [-0.2, -0.15) is 5.10 Å². The Morgan fingerprint density at radius 1 is 1.13 bits per heavy atom. The molecule has 0 saturated heterocycles. The third kappa shape index (κ3) is 3.50. The molecule has 1 N–H and O–H groups in total. The van der Waals surface area contributed by atoms with Gasteiger partial charge < -0.3 is 15.0 Å². The van der Waals surface area contributed by atoms with E-state index in [2.05, 4.69) is 39.4 Å². The molecule has 0 atom stereocenters. The summed E-state index contributed by atoms with van der Waals surface area (Å²) in [4.78, 5) is 29.5. The lowest BCUT2D eigenvalue weighted by atomic mass is 9.38. The fourth-order valence-electron chi connectivity index (χ4n) is 5.91. The molecular formula is C28H28FN7O2. The summed E-state index contributed by atoms with van der Waals surface area (Å²) in [5.74, 6) is 0.472. The van der Waals surface area contributed by atoms with Crippen LogP contribution in [0.1, 0.15) is 32.1 Å². The third-order valence-corrected chi connectivity index (χ3v) is 8.27. The molecule has 9 nitrogen and oxygen atoms in total. The molecule has 1 aromatic carbocycles. The highest BCUT2D eigenvalue weighted by atomic mass is 19.1. The van der Waals surface area contributed by atoms with Crippen molar-refractivity contribution >= 4 is 22.8 Å². The number of anilines is 1. The largest absolute Gasteiger partial charge is 0.486 e. The molecule has 4 saturated carbocycles. The van der Waals surface area contributed by atoms with E-state index in [1.54, 1.807) is 36.1 Å². The van der Waals surface area contributed by atoms with Gasteiger partial charge in [-0.15, -0.1) is 0 Å². The maximum absolute atomic E-state index is 14.7. The molecule has 4 aromatic rings. The number of aromatic nitrogens is 5. The predicted molar refractivity (Wildman–Crippen MR) is 140 cm³/mol. The van der Waals surface area contributed by atoms with Gasteiger partial charge in [0.1, 0.15) is 29.0 Å².